The number of benzene rings is 2. The van der Waals surface area contributed by atoms with Gasteiger partial charge in [0.05, 0.1) is 0 Å². The Morgan fingerprint density at radius 3 is 2.00 bits per heavy atom. The lowest BCUT2D eigenvalue weighted by atomic mass is 10.2. The quantitative estimate of drug-likeness (QED) is 0.503. The van der Waals surface area contributed by atoms with Gasteiger partial charge in [-0.05, 0) is 55.0 Å². The number of hydrogen-bond donors (Lipinski definition) is 2. The lowest BCUT2D eigenvalue weighted by Crippen LogP contribution is -2.29. The molecule has 164 valence electrons. The zero-order valence-electron chi connectivity index (χ0n) is 16.5. The van der Waals surface area contributed by atoms with Crippen LogP contribution in [0.3, 0.4) is 0 Å². The lowest BCUT2D eigenvalue weighted by molar-refractivity contribution is -0.274. The van der Waals surface area contributed by atoms with Crippen molar-refractivity contribution in [2.45, 2.75) is 26.3 Å². The largest absolute Gasteiger partial charge is 0.573 e. The number of halogens is 3. The smallest absolute Gasteiger partial charge is 0.449 e. The fourth-order valence-corrected chi connectivity index (χ4v) is 2.30. The van der Waals surface area contributed by atoms with Crippen LogP contribution in [0.2, 0.25) is 0 Å². The molecule has 0 aliphatic rings. The van der Waals surface area contributed by atoms with Gasteiger partial charge in [-0.3, -0.25) is 9.59 Å². The Hall–Kier alpha value is -3.82. The molecule has 0 heterocycles. The molecule has 1 unspecified atom stereocenters. The highest BCUT2D eigenvalue weighted by Gasteiger charge is 2.30. The molecular formula is C21H19F3N2O5. The zero-order valence-corrected chi connectivity index (χ0v) is 16.5. The first-order valence-electron chi connectivity index (χ1n) is 8.95. The summed E-state index contributed by atoms with van der Waals surface area (Å²) in [5, 5.41) is 5.16. The number of nitrogens with one attached hydrogen (secondary N) is 2. The molecule has 7 nitrogen and oxygen atoms in total. The maximum Gasteiger partial charge on any atom is 0.573 e. The number of hydrogen-bond acceptors (Lipinski definition) is 5. The monoisotopic (exact) mass is 436 g/mol. The van der Waals surface area contributed by atoms with Gasteiger partial charge < -0.3 is 20.1 Å². The van der Waals surface area contributed by atoms with Crippen LogP contribution in [0, 0.1) is 0 Å². The minimum absolute atomic E-state index is 0.226. The maximum atomic E-state index is 12.1. The lowest BCUT2D eigenvalue weighted by Gasteiger charge is -2.13. The fourth-order valence-electron chi connectivity index (χ4n) is 2.30. The maximum absolute atomic E-state index is 12.1. The van der Waals surface area contributed by atoms with Crippen LogP contribution in [0.15, 0.2) is 54.6 Å². The summed E-state index contributed by atoms with van der Waals surface area (Å²) in [4.78, 5) is 35.0. The predicted molar refractivity (Wildman–Crippen MR) is 107 cm³/mol. The summed E-state index contributed by atoms with van der Waals surface area (Å²) in [6, 6.07) is 11.2. The van der Waals surface area contributed by atoms with E-state index in [0.717, 1.165) is 18.2 Å². The molecule has 0 spiro atoms. The van der Waals surface area contributed by atoms with Crippen LogP contribution in [0.1, 0.15) is 19.4 Å². The van der Waals surface area contributed by atoms with Crippen LogP contribution in [0.4, 0.5) is 24.5 Å². The van der Waals surface area contributed by atoms with E-state index in [9.17, 15) is 27.6 Å². The number of esters is 1. The number of alkyl halides is 3. The first-order chi connectivity index (χ1) is 14.5. The number of anilines is 2. The van der Waals surface area contributed by atoms with Crippen LogP contribution in [0.25, 0.3) is 6.08 Å². The topological polar surface area (TPSA) is 93.7 Å². The molecule has 2 aromatic carbocycles. The minimum Gasteiger partial charge on any atom is -0.449 e. The van der Waals surface area contributed by atoms with E-state index in [4.69, 9.17) is 4.74 Å². The second-order valence-electron chi connectivity index (χ2n) is 6.28. The van der Waals surface area contributed by atoms with Gasteiger partial charge in [0.15, 0.2) is 6.10 Å². The Labute approximate surface area is 175 Å². The Morgan fingerprint density at radius 2 is 1.48 bits per heavy atom. The molecule has 0 radical (unpaired) electrons. The van der Waals surface area contributed by atoms with Gasteiger partial charge in [0.25, 0.3) is 5.91 Å². The van der Waals surface area contributed by atoms with Gasteiger partial charge in [-0.25, -0.2) is 4.79 Å². The Bertz CT molecular complexity index is 954. The van der Waals surface area contributed by atoms with Crippen molar-refractivity contribution >= 4 is 35.2 Å². The van der Waals surface area contributed by atoms with E-state index in [1.54, 1.807) is 24.3 Å². The highest BCUT2D eigenvalue weighted by atomic mass is 19.4. The van der Waals surface area contributed by atoms with E-state index in [1.165, 1.54) is 32.1 Å². The summed E-state index contributed by atoms with van der Waals surface area (Å²) in [5.74, 6) is -1.99. The van der Waals surface area contributed by atoms with E-state index in [2.05, 4.69) is 15.4 Å². The Balaban J connectivity index is 1.85. The molecule has 0 aliphatic carbocycles. The highest BCUT2D eigenvalue weighted by Crippen LogP contribution is 2.23. The van der Waals surface area contributed by atoms with E-state index >= 15 is 0 Å². The molecule has 0 saturated heterocycles. The van der Waals surface area contributed by atoms with Crippen molar-refractivity contribution in [3.05, 3.63) is 60.2 Å². The molecular weight excluding hydrogens is 417 g/mol. The summed E-state index contributed by atoms with van der Waals surface area (Å²) in [6.45, 7) is 2.76. The molecule has 2 rings (SSSR count). The van der Waals surface area contributed by atoms with Crippen LogP contribution in [-0.2, 0) is 19.1 Å². The molecule has 0 saturated carbocycles. The third-order valence-electron chi connectivity index (χ3n) is 3.66. The van der Waals surface area contributed by atoms with Crippen LogP contribution < -0.4 is 15.4 Å². The Kier molecular flexibility index (Phi) is 7.78. The summed E-state index contributed by atoms with van der Waals surface area (Å²) in [6.07, 6.45) is -3.52. The van der Waals surface area contributed by atoms with Gasteiger partial charge in [0.1, 0.15) is 5.75 Å². The molecule has 0 fully saturated rings. The molecule has 31 heavy (non-hydrogen) atoms. The average molecular weight is 436 g/mol. The summed E-state index contributed by atoms with van der Waals surface area (Å²) in [7, 11) is 0. The normalized spacial score (nSPS) is 12.2. The summed E-state index contributed by atoms with van der Waals surface area (Å²) in [5.41, 5.74) is 1.44. The van der Waals surface area contributed by atoms with Crippen molar-refractivity contribution in [2.75, 3.05) is 10.6 Å². The van der Waals surface area contributed by atoms with Gasteiger partial charge in [0, 0.05) is 24.4 Å². The van der Waals surface area contributed by atoms with E-state index in [1.807, 2.05) is 0 Å². The number of amides is 2. The molecule has 0 bridgehead atoms. The van der Waals surface area contributed by atoms with Crippen molar-refractivity contribution in [2.24, 2.45) is 0 Å². The second kappa shape index (κ2) is 10.3. The van der Waals surface area contributed by atoms with Crippen LogP contribution in [0.5, 0.6) is 5.75 Å². The fraction of sp³-hybridized carbons (Fsp3) is 0.190. The van der Waals surface area contributed by atoms with Gasteiger partial charge in [-0.2, -0.15) is 0 Å². The molecule has 2 aromatic rings. The molecule has 1 atom stereocenters. The number of ether oxygens (including phenoxy) is 2. The third kappa shape index (κ3) is 8.60. The van der Waals surface area contributed by atoms with E-state index in [-0.39, 0.29) is 11.7 Å². The van der Waals surface area contributed by atoms with E-state index in [0.29, 0.717) is 16.9 Å². The Morgan fingerprint density at radius 1 is 0.935 bits per heavy atom. The highest BCUT2D eigenvalue weighted by molar-refractivity contribution is 5.97. The van der Waals surface area contributed by atoms with Gasteiger partial charge >= 0.3 is 12.3 Å². The molecule has 2 amide bonds. The SMILES string of the molecule is CC(=O)Nc1ccc(NC(=O)C(C)OC(=O)/C=C/c2ccc(OC(F)(F)F)cc2)cc1. The van der Waals surface area contributed by atoms with Crippen LogP contribution in [-0.4, -0.2) is 30.2 Å². The average Bonchev–Trinajstić information content (AvgIpc) is 2.67. The minimum atomic E-state index is -4.79. The second-order valence-corrected chi connectivity index (χ2v) is 6.28. The van der Waals surface area contributed by atoms with E-state index < -0.39 is 24.3 Å². The van der Waals surface area contributed by atoms with Crippen molar-refractivity contribution in [3.63, 3.8) is 0 Å². The summed E-state index contributed by atoms with van der Waals surface area (Å²) >= 11 is 0. The molecule has 10 heteroatoms. The molecule has 0 aromatic heterocycles. The van der Waals surface area contributed by atoms with Gasteiger partial charge in [-0.1, -0.05) is 12.1 Å². The number of rotatable bonds is 7. The van der Waals surface area contributed by atoms with Gasteiger partial charge in [-0.15, -0.1) is 13.2 Å². The van der Waals surface area contributed by atoms with Crippen molar-refractivity contribution < 1.29 is 37.0 Å². The first-order valence-corrected chi connectivity index (χ1v) is 8.95. The molecule has 2 N–H and O–H groups in total. The predicted octanol–water partition coefficient (Wildman–Crippen LogP) is 4.13. The van der Waals surface area contributed by atoms with Crippen LogP contribution >= 0.6 is 0 Å². The van der Waals surface area contributed by atoms with Crippen molar-refractivity contribution in [1.29, 1.82) is 0 Å². The first kappa shape index (κ1) is 23.5. The number of carbonyl (C=O) groups excluding carboxylic acids is 3. The van der Waals surface area contributed by atoms with Gasteiger partial charge in [0.2, 0.25) is 5.91 Å². The third-order valence-corrected chi connectivity index (χ3v) is 3.66. The molecule has 0 aliphatic heterocycles. The standard InChI is InChI=1S/C21H19F3N2O5/c1-13(20(29)26-17-8-6-16(7-9-17)25-14(2)27)30-19(28)12-5-15-3-10-18(11-4-15)31-21(22,23)24/h3-13H,1-2H3,(H,25,27)(H,26,29)/b12-5+. The van der Waals surface area contributed by atoms with Crippen molar-refractivity contribution in [1.82, 2.24) is 0 Å². The zero-order chi connectivity index (χ0) is 23.0. The number of carbonyl (C=O) groups is 3. The summed E-state index contributed by atoms with van der Waals surface area (Å²) < 4.78 is 45.2. The van der Waals surface area contributed by atoms with Crippen molar-refractivity contribution in [3.8, 4) is 5.75 Å².